The SMILES string of the molecule is Cc1nn(C(C)C)c(C)c1C(C)NC1CC1. The van der Waals surface area contributed by atoms with Crippen LogP contribution in [0, 0.1) is 13.8 Å². The molecule has 1 aliphatic carbocycles. The molecule has 90 valence electrons. The summed E-state index contributed by atoms with van der Waals surface area (Å²) in [5.74, 6) is 0. The van der Waals surface area contributed by atoms with Crippen LogP contribution < -0.4 is 5.32 Å². The van der Waals surface area contributed by atoms with Crippen LogP contribution in [0.2, 0.25) is 0 Å². The average Bonchev–Trinajstić information content (AvgIpc) is 2.92. The predicted octanol–water partition coefficient (Wildman–Crippen LogP) is 2.89. The Balaban J connectivity index is 2.24. The van der Waals surface area contributed by atoms with Crippen LogP contribution in [0.15, 0.2) is 0 Å². The van der Waals surface area contributed by atoms with Crippen LogP contribution in [0.3, 0.4) is 0 Å². The van der Waals surface area contributed by atoms with Crippen molar-refractivity contribution in [2.75, 3.05) is 0 Å². The zero-order valence-electron chi connectivity index (χ0n) is 11.0. The van der Waals surface area contributed by atoms with E-state index in [9.17, 15) is 0 Å². The van der Waals surface area contributed by atoms with E-state index >= 15 is 0 Å². The second-order valence-corrected chi connectivity index (χ2v) is 5.29. The lowest BCUT2D eigenvalue weighted by Crippen LogP contribution is -2.21. The van der Waals surface area contributed by atoms with E-state index in [1.165, 1.54) is 29.8 Å². The smallest absolute Gasteiger partial charge is 0.0644 e. The second kappa shape index (κ2) is 4.21. The summed E-state index contributed by atoms with van der Waals surface area (Å²) in [6.45, 7) is 10.9. The van der Waals surface area contributed by atoms with Gasteiger partial charge in [0, 0.05) is 29.4 Å². The molecule has 0 amide bonds. The molecule has 3 heteroatoms. The van der Waals surface area contributed by atoms with E-state index in [0.29, 0.717) is 12.1 Å². The summed E-state index contributed by atoms with van der Waals surface area (Å²) in [4.78, 5) is 0. The second-order valence-electron chi connectivity index (χ2n) is 5.29. The number of aromatic nitrogens is 2. The molecule has 1 N–H and O–H groups in total. The van der Waals surface area contributed by atoms with Crippen molar-refractivity contribution < 1.29 is 0 Å². The number of hydrogen-bond acceptors (Lipinski definition) is 2. The lowest BCUT2D eigenvalue weighted by Gasteiger charge is -2.15. The minimum atomic E-state index is 0.431. The Morgan fingerprint density at radius 3 is 2.31 bits per heavy atom. The van der Waals surface area contributed by atoms with Crippen molar-refractivity contribution in [3.63, 3.8) is 0 Å². The molecule has 0 saturated heterocycles. The molecule has 1 aliphatic rings. The van der Waals surface area contributed by atoms with Gasteiger partial charge in [0.15, 0.2) is 0 Å². The molecule has 0 aromatic carbocycles. The van der Waals surface area contributed by atoms with E-state index < -0.39 is 0 Å². The van der Waals surface area contributed by atoms with Crippen LogP contribution in [0.25, 0.3) is 0 Å². The predicted molar refractivity (Wildman–Crippen MR) is 66.7 cm³/mol. The van der Waals surface area contributed by atoms with Crippen molar-refractivity contribution in [2.45, 2.75) is 65.6 Å². The third-order valence-electron chi connectivity index (χ3n) is 3.37. The summed E-state index contributed by atoms with van der Waals surface area (Å²) in [7, 11) is 0. The maximum absolute atomic E-state index is 4.64. The molecular weight excluding hydrogens is 198 g/mol. The van der Waals surface area contributed by atoms with Crippen molar-refractivity contribution in [3.05, 3.63) is 17.0 Å². The molecule has 1 unspecified atom stereocenters. The molecule has 2 rings (SSSR count). The Morgan fingerprint density at radius 2 is 1.88 bits per heavy atom. The minimum absolute atomic E-state index is 0.431. The van der Waals surface area contributed by atoms with Crippen LogP contribution in [0.1, 0.15) is 62.6 Å². The van der Waals surface area contributed by atoms with Gasteiger partial charge in [0.05, 0.1) is 5.69 Å². The summed E-state index contributed by atoms with van der Waals surface area (Å²) in [5, 5.41) is 8.29. The van der Waals surface area contributed by atoms with Gasteiger partial charge in [-0.05, 0) is 47.5 Å². The first-order valence-electron chi connectivity index (χ1n) is 6.32. The number of nitrogens with one attached hydrogen (secondary N) is 1. The van der Waals surface area contributed by atoms with Crippen LogP contribution in [0.4, 0.5) is 0 Å². The summed E-state index contributed by atoms with van der Waals surface area (Å²) in [6, 6.07) is 1.62. The molecule has 0 bridgehead atoms. The zero-order valence-corrected chi connectivity index (χ0v) is 11.0. The van der Waals surface area contributed by atoms with Crippen molar-refractivity contribution in [3.8, 4) is 0 Å². The van der Waals surface area contributed by atoms with E-state index in [4.69, 9.17) is 0 Å². The highest BCUT2D eigenvalue weighted by Crippen LogP contribution is 2.28. The van der Waals surface area contributed by atoms with Crippen molar-refractivity contribution in [2.24, 2.45) is 0 Å². The van der Waals surface area contributed by atoms with Crippen LogP contribution in [-0.4, -0.2) is 15.8 Å². The van der Waals surface area contributed by atoms with Gasteiger partial charge in [0.25, 0.3) is 0 Å². The molecule has 16 heavy (non-hydrogen) atoms. The van der Waals surface area contributed by atoms with Crippen molar-refractivity contribution in [1.29, 1.82) is 0 Å². The average molecular weight is 221 g/mol. The van der Waals surface area contributed by atoms with Crippen molar-refractivity contribution in [1.82, 2.24) is 15.1 Å². The Morgan fingerprint density at radius 1 is 1.25 bits per heavy atom. The lowest BCUT2D eigenvalue weighted by molar-refractivity contribution is 0.512. The highest BCUT2D eigenvalue weighted by atomic mass is 15.3. The van der Waals surface area contributed by atoms with E-state index in [0.717, 1.165) is 6.04 Å². The van der Waals surface area contributed by atoms with Gasteiger partial charge in [-0.3, -0.25) is 4.68 Å². The maximum Gasteiger partial charge on any atom is 0.0644 e. The van der Waals surface area contributed by atoms with E-state index in [1.807, 2.05) is 0 Å². The summed E-state index contributed by atoms with van der Waals surface area (Å²) >= 11 is 0. The fourth-order valence-electron chi connectivity index (χ4n) is 2.49. The Bertz CT molecular complexity index is 375. The molecule has 0 radical (unpaired) electrons. The first-order valence-corrected chi connectivity index (χ1v) is 6.32. The Labute approximate surface area is 98.2 Å². The third kappa shape index (κ3) is 2.14. The van der Waals surface area contributed by atoms with Gasteiger partial charge in [-0.25, -0.2) is 0 Å². The minimum Gasteiger partial charge on any atom is -0.307 e. The van der Waals surface area contributed by atoms with Gasteiger partial charge in [0.1, 0.15) is 0 Å². The highest BCUT2D eigenvalue weighted by molar-refractivity contribution is 5.28. The number of hydrogen-bond donors (Lipinski definition) is 1. The van der Waals surface area contributed by atoms with Gasteiger partial charge in [-0.15, -0.1) is 0 Å². The first kappa shape index (κ1) is 11.6. The molecule has 0 aliphatic heterocycles. The van der Waals surface area contributed by atoms with Crippen LogP contribution in [-0.2, 0) is 0 Å². The standard InChI is InChI=1S/C13H23N3/c1-8(2)16-11(5)13(10(4)15-16)9(3)14-12-6-7-12/h8-9,12,14H,6-7H2,1-5H3. The normalized spacial score (nSPS) is 18.1. The molecule has 1 fully saturated rings. The fourth-order valence-corrected chi connectivity index (χ4v) is 2.49. The molecule has 1 heterocycles. The molecule has 3 nitrogen and oxygen atoms in total. The summed E-state index contributed by atoms with van der Waals surface area (Å²) in [6.07, 6.45) is 2.67. The number of aryl methyl sites for hydroxylation is 1. The Hall–Kier alpha value is -0.830. The number of rotatable bonds is 4. The molecule has 0 spiro atoms. The van der Waals surface area contributed by atoms with E-state index in [2.05, 4.69) is 49.7 Å². The van der Waals surface area contributed by atoms with Gasteiger partial charge in [0.2, 0.25) is 0 Å². The van der Waals surface area contributed by atoms with Gasteiger partial charge in [-0.2, -0.15) is 5.10 Å². The zero-order chi connectivity index (χ0) is 11.9. The van der Waals surface area contributed by atoms with E-state index in [1.54, 1.807) is 0 Å². The quantitative estimate of drug-likeness (QED) is 0.847. The summed E-state index contributed by atoms with van der Waals surface area (Å²) in [5.41, 5.74) is 3.88. The van der Waals surface area contributed by atoms with Crippen LogP contribution in [0.5, 0.6) is 0 Å². The molecular formula is C13H23N3. The van der Waals surface area contributed by atoms with Gasteiger partial charge >= 0.3 is 0 Å². The topological polar surface area (TPSA) is 29.9 Å². The third-order valence-corrected chi connectivity index (χ3v) is 3.37. The Kier molecular flexibility index (Phi) is 3.06. The van der Waals surface area contributed by atoms with E-state index in [-0.39, 0.29) is 0 Å². The largest absolute Gasteiger partial charge is 0.307 e. The van der Waals surface area contributed by atoms with Crippen molar-refractivity contribution >= 4 is 0 Å². The summed E-state index contributed by atoms with van der Waals surface area (Å²) < 4.78 is 2.13. The van der Waals surface area contributed by atoms with Gasteiger partial charge in [-0.1, -0.05) is 0 Å². The fraction of sp³-hybridized carbons (Fsp3) is 0.769. The molecule has 1 atom stereocenters. The molecule has 1 aromatic heterocycles. The lowest BCUT2D eigenvalue weighted by atomic mass is 10.1. The highest BCUT2D eigenvalue weighted by Gasteiger charge is 2.26. The molecule has 1 saturated carbocycles. The molecule has 1 aromatic rings. The van der Waals surface area contributed by atoms with Gasteiger partial charge < -0.3 is 5.32 Å². The monoisotopic (exact) mass is 221 g/mol. The van der Waals surface area contributed by atoms with Crippen LogP contribution >= 0.6 is 0 Å². The maximum atomic E-state index is 4.64. The first-order chi connectivity index (χ1) is 7.50. The number of nitrogens with zero attached hydrogens (tertiary/aromatic N) is 2.